The van der Waals surface area contributed by atoms with Crippen molar-refractivity contribution in [2.45, 2.75) is 44.2 Å². The zero-order valence-electron chi connectivity index (χ0n) is 8.82. The van der Waals surface area contributed by atoms with E-state index in [9.17, 15) is 0 Å². The summed E-state index contributed by atoms with van der Waals surface area (Å²) in [6.07, 6.45) is 6.47. The lowest BCUT2D eigenvalue weighted by Gasteiger charge is -2.32. The third-order valence-electron chi connectivity index (χ3n) is 3.13. The Kier molecular flexibility index (Phi) is 3.79. The predicted molar refractivity (Wildman–Crippen MR) is 55.3 cm³/mol. The molecule has 0 radical (unpaired) electrons. The lowest BCUT2D eigenvalue weighted by molar-refractivity contribution is -0.00731. The molecule has 82 valence electrons. The van der Waals surface area contributed by atoms with Gasteiger partial charge in [-0.3, -0.25) is 4.90 Å². The molecule has 0 spiro atoms. The smallest absolute Gasteiger partial charge is 0.0702 e. The quantitative estimate of drug-likeness (QED) is 0.671. The van der Waals surface area contributed by atoms with Gasteiger partial charge in [-0.1, -0.05) is 0 Å². The van der Waals surface area contributed by atoms with E-state index in [1.165, 1.54) is 32.2 Å². The number of rotatable bonds is 5. The minimum Gasteiger partial charge on any atom is -0.396 e. The van der Waals surface area contributed by atoms with Crippen molar-refractivity contribution in [2.24, 2.45) is 0 Å². The Labute approximate surface area is 86.0 Å². The highest BCUT2D eigenvalue weighted by molar-refractivity contribution is 4.88. The Bertz CT molecular complexity index is 171. The number of piperidine rings is 1. The molecule has 1 heterocycles. The standard InChI is InChI=1S/C11H21NO2/c13-7-2-8-14-11-3-1-6-12(9-11)10-4-5-10/h10-11,13H,1-9H2. The van der Waals surface area contributed by atoms with Gasteiger partial charge in [0.15, 0.2) is 0 Å². The molecule has 0 aromatic heterocycles. The number of likely N-dealkylation sites (tertiary alicyclic amines) is 1. The maximum absolute atomic E-state index is 8.66. The first-order chi connectivity index (χ1) is 6.90. The Morgan fingerprint density at radius 1 is 1.29 bits per heavy atom. The van der Waals surface area contributed by atoms with Crippen LogP contribution in [0.25, 0.3) is 0 Å². The molecule has 1 aliphatic carbocycles. The first-order valence-corrected chi connectivity index (χ1v) is 5.86. The average Bonchev–Trinajstić information content (AvgIpc) is 3.02. The molecule has 1 unspecified atom stereocenters. The van der Waals surface area contributed by atoms with Crippen LogP contribution in [0.15, 0.2) is 0 Å². The van der Waals surface area contributed by atoms with Crippen LogP contribution in [0, 0.1) is 0 Å². The molecule has 0 amide bonds. The van der Waals surface area contributed by atoms with Gasteiger partial charge >= 0.3 is 0 Å². The second-order valence-electron chi connectivity index (χ2n) is 4.44. The van der Waals surface area contributed by atoms with E-state index in [1.54, 1.807) is 0 Å². The van der Waals surface area contributed by atoms with Gasteiger partial charge in [0.05, 0.1) is 6.10 Å². The molecule has 3 heteroatoms. The van der Waals surface area contributed by atoms with Gasteiger partial charge in [0.25, 0.3) is 0 Å². The highest BCUT2D eigenvalue weighted by Gasteiger charge is 2.32. The maximum Gasteiger partial charge on any atom is 0.0702 e. The molecular weight excluding hydrogens is 178 g/mol. The van der Waals surface area contributed by atoms with Gasteiger partial charge < -0.3 is 9.84 Å². The van der Waals surface area contributed by atoms with Crippen LogP contribution in [-0.2, 0) is 4.74 Å². The topological polar surface area (TPSA) is 32.7 Å². The van der Waals surface area contributed by atoms with Crippen molar-refractivity contribution in [3.63, 3.8) is 0 Å². The predicted octanol–water partition coefficient (Wildman–Crippen LogP) is 1.01. The molecule has 1 atom stereocenters. The van der Waals surface area contributed by atoms with Gasteiger partial charge in [-0.05, 0) is 38.6 Å². The largest absolute Gasteiger partial charge is 0.396 e. The molecule has 0 aromatic rings. The van der Waals surface area contributed by atoms with E-state index < -0.39 is 0 Å². The highest BCUT2D eigenvalue weighted by atomic mass is 16.5. The van der Waals surface area contributed by atoms with Crippen molar-refractivity contribution in [3.05, 3.63) is 0 Å². The average molecular weight is 199 g/mol. The number of aliphatic hydroxyl groups is 1. The van der Waals surface area contributed by atoms with Gasteiger partial charge in [0.1, 0.15) is 0 Å². The molecule has 1 saturated carbocycles. The Balaban J connectivity index is 1.65. The fourth-order valence-electron chi connectivity index (χ4n) is 2.19. The molecule has 1 saturated heterocycles. The van der Waals surface area contributed by atoms with Gasteiger partial charge in [0.2, 0.25) is 0 Å². The van der Waals surface area contributed by atoms with Crippen molar-refractivity contribution in [1.82, 2.24) is 4.90 Å². The lowest BCUT2D eigenvalue weighted by Crippen LogP contribution is -2.41. The molecule has 2 fully saturated rings. The van der Waals surface area contributed by atoms with Crippen molar-refractivity contribution >= 4 is 0 Å². The lowest BCUT2D eigenvalue weighted by atomic mass is 10.1. The van der Waals surface area contributed by atoms with Crippen LogP contribution in [-0.4, -0.2) is 48.5 Å². The van der Waals surface area contributed by atoms with E-state index in [0.717, 1.165) is 25.6 Å². The van der Waals surface area contributed by atoms with Crippen LogP contribution >= 0.6 is 0 Å². The van der Waals surface area contributed by atoms with E-state index in [4.69, 9.17) is 9.84 Å². The van der Waals surface area contributed by atoms with Crippen LogP contribution in [0.3, 0.4) is 0 Å². The van der Waals surface area contributed by atoms with Crippen molar-refractivity contribution in [2.75, 3.05) is 26.3 Å². The summed E-state index contributed by atoms with van der Waals surface area (Å²) in [5, 5.41) is 8.66. The Morgan fingerprint density at radius 2 is 2.14 bits per heavy atom. The summed E-state index contributed by atoms with van der Waals surface area (Å²) in [7, 11) is 0. The molecule has 14 heavy (non-hydrogen) atoms. The first kappa shape index (κ1) is 10.4. The summed E-state index contributed by atoms with van der Waals surface area (Å²) in [4.78, 5) is 2.58. The number of ether oxygens (including phenoxy) is 1. The second-order valence-corrected chi connectivity index (χ2v) is 4.44. The first-order valence-electron chi connectivity index (χ1n) is 5.86. The van der Waals surface area contributed by atoms with Gasteiger partial charge in [0, 0.05) is 25.8 Å². The Hall–Kier alpha value is -0.120. The third-order valence-corrected chi connectivity index (χ3v) is 3.13. The molecule has 1 N–H and O–H groups in total. The number of aliphatic hydroxyl groups excluding tert-OH is 1. The van der Waals surface area contributed by atoms with Crippen LogP contribution in [0.5, 0.6) is 0 Å². The van der Waals surface area contributed by atoms with Crippen LogP contribution < -0.4 is 0 Å². The summed E-state index contributed by atoms with van der Waals surface area (Å²) in [5.74, 6) is 0. The minimum absolute atomic E-state index is 0.249. The second kappa shape index (κ2) is 5.10. The molecule has 0 bridgehead atoms. The van der Waals surface area contributed by atoms with Crippen LogP contribution in [0.1, 0.15) is 32.1 Å². The zero-order valence-corrected chi connectivity index (χ0v) is 8.82. The normalized spacial score (nSPS) is 29.4. The van der Waals surface area contributed by atoms with E-state index in [-0.39, 0.29) is 6.61 Å². The monoisotopic (exact) mass is 199 g/mol. The van der Waals surface area contributed by atoms with E-state index in [2.05, 4.69) is 4.90 Å². The van der Waals surface area contributed by atoms with Crippen molar-refractivity contribution < 1.29 is 9.84 Å². The number of hydrogen-bond acceptors (Lipinski definition) is 3. The SMILES string of the molecule is OCCCOC1CCCN(C2CC2)C1. The third kappa shape index (κ3) is 2.94. The summed E-state index contributed by atoms with van der Waals surface area (Å²) >= 11 is 0. The fourth-order valence-corrected chi connectivity index (χ4v) is 2.19. The van der Waals surface area contributed by atoms with Crippen LogP contribution in [0.2, 0.25) is 0 Å². The maximum atomic E-state index is 8.66. The van der Waals surface area contributed by atoms with Gasteiger partial charge in [-0.2, -0.15) is 0 Å². The van der Waals surface area contributed by atoms with Crippen molar-refractivity contribution in [1.29, 1.82) is 0 Å². The Morgan fingerprint density at radius 3 is 2.86 bits per heavy atom. The number of nitrogens with zero attached hydrogens (tertiary/aromatic N) is 1. The van der Waals surface area contributed by atoms with Gasteiger partial charge in [-0.25, -0.2) is 0 Å². The zero-order chi connectivity index (χ0) is 9.80. The summed E-state index contributed by atoms with van der Waals surface area (Å²) in [6, 6.07) is 0.874. The molecule has 1 aliphatic heterocycles. The van der Waals surface area contributed by atoms with E-state index in [0.29, 0.717) is 6.10 Å². The molecular formula is C11H21NO2. The fraction of sp³-hybridized carbons (Fsp3) is 1.00. The van der Waals surface area contributed by atoms with Crippen LogP contribution in [0.4, 0.5) is 0 Å². The van der Waals surface area contributed by atoms with E-state index >= 15 is 0 Å². The minimum atomic E-state index is 0.249. The molecule has 0 aromatic carbocycles. The summed E-state index contributed by atoms with van der Waals surface area (Å²) < 4.78 is 5.73. The van der Waals surface area contributed by atoms with Gasteiger partial charge in [-0.15, -0.1) is 0 Å². The van der Waals surface area contributed by atoms with E-state index in [1.807, 2.05) is 0 Å². The summed E-state index contributed by atoms with van der Waals surface area (Å²) in [5.41, 5.74) is 0. The van der Waals surface area contributed by atoms with Crippen molar-refractivity contribution in [3.8, 4) is 0 Å². The molecule has 3 nitrogen and oxygen atoms in total. The molecule has 2 aliphatic rings. The summed E-state index contributed by atoms with van der Waals surface area (Å²) in [6.45, 7) is 3.36. The number of hydrogen-bond donors (Lipinski definition) is 1. The highest BCUT2D eigenvalue weighted by Crippen LogP contribution is 2.29. The molecule has 2 rings (SSSR count).